The third kappa shape index (κ3) is 2.86. The van der Waals surface area contributed by atoms with Crippen molar-refractivity contribution in [3.05, 3.63) is 29.8 Å². The maximum Gasteiger partial charge on any atom is 0.168 e. The van der Waals surface area contributed by atoms with E-state index in [-0.39, 0.29) is 0 Å². The molecule has 1 heterocycles. The lowest BCUT2D eigenvalue weighted by molar-refractivity contribution is 0.197. The van der Waals surface area contributed by atoms with E-state index in [4.69, 9.17) is 4.74 Å². The number of rotatable bonds is 4. The lowest BCUT2D eigenvalue weighted by atomic mass is 10.2. The van der Waals surface area contributed by atoms with Crippen molar-refractivity contribution in [2.45, 2.75) is 19.6 Å². The summed E-state index contributed by atoms with van der Waals surface area (Å²) in [5.74, 6) is 1.34. The molecule has 0 spiro atoms. The van der Waals surface area contributed by atoms with E-state index >= 15 is 0 Å². The van der Waals surface area contributed by atoms with Gasteiger partial charge < -0.3 is 9.84 Å². The molecular weight excluding hydrogens is 220 g/mol. The molecule has 17 heavy (non-hydrogen) atoms. The Morgan fingerprint density at radius 3 is 2.65 bits per heavy atom. The van der Waals surface area contributed by atoms with Gasteiger partial charge in [-0.05, 0) is 24.6 Å². The van der Waals surface area contributed by atoms with Gasteiger partial charge in [-0.2, -0.15) is 0 Å². The van der Waals surface area contributed by atoms with Crippen LogP contribution in [0.1, 0.15) is 12.5 Å². The molecule has 0 fully saturated rings. The first-order valence-electron chi connectivity index (χ1n) is 5.37. The van der Waals surface area contributed by atoms with Crippen LogP contribution in [0.5, 0.6) is 5.75 Å². The second-order valence-electron chi connectivity index (χ2n) is 3.80. The Morgan fingerprint density at radius 2 is 2.12 bits per heavy atom. The summed E-state index contributed by atoms with van der Waals surface area (Å²) < 4.78 is 5.09. The van der Waals surface area contributed by atoms with Crippen molar-refractivity contribution in [2.24, 2.45) is 5.10 Å². The van der Waals surface area contributed by atoms with Crippen molar-refractivity contribution in [2.75, 3.05) is 7.11 Å². The fourth-order valence-electron chi connectivity index (χ4n) is 1.47. The summed E-state index contributed by atoms with van der Waals surface area (Å²) in [5.41, 5.74) is 6.75. The monoisotopic (exact) mass is 236 g/mol. The summed E-state index contributed by atoms with van der Waals surface area (Å²) in [6.45, 7) is 2.26. The largest absolute Gasteiger partial charge is 0.497 e. The van der Waals surface area contributed by atoms with Crippen LogP contribution in [0.15, 0.2) is 29.4 Å². The van der Waals surface area contributed by atoms with Crippen LogP contribution in [-0.4, -0.2) is 29.3 Å². The number of hydrogen-bond acceptors (Lipinski definition) is 6. The van der Waals surface area contributed by atoms with Crippen molar-refractivity contribution in [3.8, 4) is 5.75 Å². The Kier molecular flexibility index (Phi) is 3.46. The van der Waals surface area contributed by atoms with E-state index in [1.165, 1.54) is 0 Å². The molecule has 3 N–H and O–H groups in total. The van der Waals surface area contributed by atoms with Gasteiger partial charge in [0.1, 0.15) is 11.9 Å². The van der Waals surface area contributed by atoms with Crippen LogP contribution < -0.4 is 15.7 Å². The van der Waals surface area contributed by atoms with Gasteiger partial charge in [0, 0.05) is 0 Å². The number of hydrogen-bond donors (Lipinski definition) is 3. The number of nitrogens with zero attached hydrogens (tertiary/aromatic N) is 2. The third-order valence-electron chi connectivity index (χ3n) is 2.43. The molecule has 0 saturated heterocycles. The second kappa shape index (κ2) is 5.03. The average Bonchev–Trinajstić information content (AvgIpc) is 2.79. The van der Waals surface area contributed by atoms with Crippen LogP contribution in [0.4, 0.5) is 0 Å². The standard InChI is InChI=1S/C11H16N4O2/c1-8(16)11-12-14-15(13-11)7-9-3-5-10(17-2)6-4-9/h3-6,8,14,16H,7H2,1-2H3,(H,12,13). The summed E-state index contributed by atoms with van der Waals surface area (Å²) in [6.07, 6.45) is -0.608. The van der Waals surface area contributed by atoms with Crippen molar-refractivity contribution >= 4 is 5.84 Å². The van der Waals surface area contributed by atoms with Crippen LogP contribution in [0.3, 0.4) is 0 Å². The van der Waals surface area contributed by atoms with Crippen LogP contribution in [0.25, 0.3) is 0 Å². The summed E-state index contributed by atoms with van der Waals surface area (Å²) in [5, 5.41) is 15.1. The Hall–Kier alpha value is -1.79. The molecule has 0 aromatic heterocycles. The molecule has 0 saturated carbocycles. The first-order valence-corrected chi connectivity index (χ1v) is 5.37. The van der Waals surface area contributed by atoms with E-state index in [1.807, 2.05) is 24.3 Å². The SMILES string of the molecule is COc1ccc(CN2N=C(C(C)O)NN2)cc1. The van der Waals surface area contributed by atoms with E-state index in [9.17, 15) is 5.11 Å². The number of aliphatic hydroxyl groups excluding tert-OH is 1. The summed E-state index contributed by atoms with van der Waals surface area (Å²) in [7, 11) is 1.64. The summed E-state index contributed by atoms with van der Waals surface area (Å²) in [4.78, 5) is 0. The molecule has 0 radical (unpaired) electrons. The second-order valence-corrected chi connectivity index (χ2v) is 3.80. The number of methoxy groups -OCH3 is 1. The lowest BCUT2D eigenvalue weighted by Gasteiger charge is -2.12. The van der Waals surface area contributed by atoms with E-state index in [1.54, 1.807) is 19.2 Å². The predicted molar refractivity (Wildman–Crippen MR) is 63.9 cm³/mol. The zero-order chi connectivity index (χ0) is 12.3. The van der Waals surface area contributed by atoms with Gasteiger partial charge in [-0.25, -0.2) is 5.12 Å². The Morgan fingerprint density at radius 1 is 1.41 bits per heavy atom. The van der Waals surface area contributed by atoms with Crippen molar-refractivity contribution in [1.82, 2.24) is 16.1 Å². The molecular formula is C11H16N4O2. The highest BCUT2D eigenvalue weighted by molar-refractivity contribution is 5.86. The topological polar surface area (TPSA) is 69.1 Å². The highest BCUT2D eigenvalue weighted by Crippen LogP contribution is 2.13. The molecule has 0 bridgehead atoms. The number of ether oxygens (including phenoxy) is 1. The number of aliphatic hydroxyl groups is 1. The number of nitrogens with one attached hydrogen (secondary N) is 2. The summed E-state index contributed by atoms with van der Waals surface area (Å²) in [6, 6.07) is 7.74. The summed E-state index contributed by atoms with van der Waals surface area (Å²) >= 11 is 0. The fraction of sp³-hybridized carbons (Fsp3) is 0.364. The minimum Gasteiger partial charge on any atom is -0.497 e. The number of hydrazone groups is 1. The van der Waals surface area contributed by atoms with Gasteiger partial charge in [0.2, 0.25) is 0 Å². The van der Waals surface area contributed by atoms with Gasteiger partial charge in [-0.15, -0.1) is 10.6 Å². The van der Waals surface area contributed by atoms with E-state index in [2.05, 4.69) is 16.1 Å². The minimum atomic E-state index is -0.608. The number of benzene rings is 1. The molecule has 6 heteroatoms. The van der Waals surface area contributed by atoms with Crippen LogP contribution in [0.2, 0.25) is 0 Å². The molecule has 1 aliphatic heterocycles. The van der Waals surface area contributed by atoms with Crippen LogP contribution in [-0.2, 0) is 6.54 Å². The van der Waals surface area contributed by atoms with Crippen LogP contribution in [0, 0.1) is 0 Å². The maximum atomic E-state index is 9.33. The quantitative estimate of drug-likeness (QED) is 0.697. The van der Waals surface area contributed by atoms with E-state index in [0.29, 0.717) is 12.4 Å². The Bertz CT molecular complexity index is 402. The zero-order valence-corrected chi connectivity index (χ0v) is 9.84. The van der Waals surface area contributed by atoms with Crippen molar-refractivity contribution in [3.63, 3.8) is 0 Å². The lowest BCUT2D eigenvalue weighted by Crippen LogP contribution is -2.40. The zero-order valence-electron chi connectivity index (χ0n) is 9.84. The number of hydrazine groups is 2. The minimum absolute atomic E-state index is 0.513. The first kappa shape index (κ1) is 11.7. The Balaban J connectivity index is 1.97. The average molecular weight is 236 g/mol. The van der Waals surface area contributed by atoms with Gasteiger partial charge in [-0.3, -0.25) is 5.43 Å². The molecule has 92 valence electrons. The molecule has 1 aromatic carbocycles. The molecule has 1 atom stereocenters. The molecule has 6 nitrogen and oxygen atoms in total. The van der Waals surface area contributed by atoms with Gasteiger partial charge >= 0.3 is 0 Å². The van der Waals surface area contributed by atoms with Gasteiger partial charge in [0.05, 0.1) is 13.7 Å². The highest BCUT2D eigenvalue weighted by atomic mass is 16.5. The van der Waals surface area contributed by atoms with Gasteiger partial charge in [0.25, 0.3) is 0 Å². The van der Waals surface area contributed by atoms with E-state index < -0.39 is 6.10 Å². The molecule has 0 amide bonds. The Labute approximate surface area is 99.8 Å². The number of amidine groups is 1. The molecule has 1 aliphatic rings. The smallest absolute Gasteiger partial charge is 0.168 e. The predicted octanol–water partition coefficient (Wildman–Crippen LogP) is 0.214. The van der Waals surface area contributed by atoms with Crippen LogP contribution >= 0.6 is 0 Å². The van der Waals surface area contributed by atoms with Crippen molar-refractivity contribution < 1.29 is 9.84 Å². The normalized spacial score (nSPS) is 16.4. The molecule has 2 rings (SSSR count). The van der Waals surface area contributed by atoms with E-state index in [0.717, 1.165) is 11.3 Å². The maximum absolute atomic E-state index is 9.33. The molecule has 1 unspecified atom stereocenters. The third-order valence-corrected chi connectivity index (χ3v) is 2.43. The molecule has 1 aromatic rings. The first-order chi connectivity index (χ1) is 8.19. The molecule has 0 aliphatic carbocycles. The van der Waals surface area contributed by atoms with Gasteiger partial charge in [-0.1, -0.05) is 12.1 Å². The fourth-order valence-corrected chi connectivity index (χ4v) is 1.47. The highest BCUT2D eigenvalue weighted by Gasteiger charge is 2.16. The van der Waals surface area contributed by atoms with Crippen molar-refractivity contribution in [1.29, 1.82) is 0 Å². The van der Waals surface area contributed by atoms with Gasteiger partial charge in [0.15, 0.2) is 5.84 Å².